The van der Waals surface area contributed by atoms with Crippen LogP contribution in [0.2, 0.25) is 0 Å². The van der Waals surface area contributed by atoms with Crippen molar-refractivity contribution in [2.45, 2.75) is 32.7 Å². The first kappa shape index (κ1) is 14.4. The molecule has 5 nitrogen and oxygen atoms in total. The molecule has 0 heterocycles. The predicted molar refractivity (Wildman–Crippen MR) is 58.7 cm³/mol. The van der Waals surface area contributed by atoms with Gasteiger partial charge in [-0.25, -0.2) is 8.42 Å². The first-order chi connectivity index (χ1) is 6.77. The quantitative estimate of drug-likeness (QED) is 0.664. The van der Waals surface area contributed by atoms with Gasteiger partial charge < -0.3 is 10.4 Å². The lowest BCUT2D eigenvalue weighted by molar-refractivity contribution is -0.144. The van der Waals surface area contributed by atoms with Crippen LogP contribution in [-0.4, -0.2) is 43.1 Å². The lowest BCUT2D eigenvalue weighted by Crippen LogP contribution is -2.50. The first-order valence-corrected chi connectivity index (χ1v) is 6.78. The molecule has 15 heavy (non-hydrogen) atoms. The van der Waals surface area contributed by atoms with Crippen molar-refractivity contribution in [2.75, 3.05) is 18.1 Å². The van der Waals surface area contributed by atoms with Crippen molar-refractivity contribution in [3.63, 3.8) is 0 Å². The lowest BCUT2D eigenvalue weighted by Gasteiger charge is -2.24. The summed E-state index contributed by atoms with van der Waals surface area (Å²) in [5, 5.41) is 11.7. The Bertz CT molecular complexity index is 312. The van der Waals surface area contributed by atoms with Gasteiger partial charge in [0.1, 0.15) is 5.54 Å². The third kappa shape index (κ3) is 4.61. The van der Waals surface area contributed by atoms with Crippen LogP contribution in [0.15, 0.2) is 0 Å². The second kappa shape index (κ2) is 5.46. The van der Waals surface area contributed by atoms with E-state index in [-0.39, 0.29) is 18.1 Å². The minimum absolute atomic E-state index is 0.0215. The Labute approximate surface area is 90.8 Å². The maximum absolute atomic E-state index is 11.2. The van der Waals surface area contributed by atoms with Crippen LogP contribution in [0.25, 0.3) is 0 Å². The Morgan fingerprint density at radius 1 is 1.40 bits per heavy atom. The topological polar surface area (TPSA) is 83.5 Å². The van der Waals surface area contributed by atoms with Gasteiger partial charge in [-0.3, -0.25) is 4.79 Å². The van der Waals surface area contributed by atoms with E-state index < -0.39 is 21.3 Å². The molecule has 0 aromatic rings. The van der Waals surface area contributed by atoms with E-state index in [0.29, 0.717) is 6.42 Å². The van der Waals surface area contributed by atoms with Crippen molar-refractivity contribution < 1.29 is 18.3 Å². The summed E-state index contributed by atoms with van der Waals surface area (Å²) in [7, 11) is -3.03. The molecule has 0 bridgehead atoms. The summed E-state index contributed by atoms with van der Waals surface area (Å²) in [4.78, 5) is 10.9. The molecule has 90 valence electrons. The SMILES string of the molecule is CCC(C)(NCCS(=O)(=O)CC)C(=O)O. The maximum Gasteiger partial charge on any atom is 0.323 e. The molecule has 0 saturated carbocycles. The Morgan fingerprint density at radius 2 is 1.93 bits per heavy atom. The van der Waals surface area contributed by atoms with E-state index in [2.05, 4.69) is 5.32 Å². The molecule has 0 amide bonds. The molecule has 6 heteroatoms. The van der Waals surface area contributed by atoms with Crippen molar-refractivity contribution in [2.24, 2.45) is 0 Å². The van der Waals surface area contributed by atoms with Crippen LogP contribution in [0.5, 0.6) is 0 Å². The monoisotopic (exact) mass is 237 g/mol. The number of nitrogens with one attached hydrogen (secondary N) is 1. The molecule has 1 unspecified atom stereocenters. The first-order valence-electron chi connectivity index (χ1n) is 4.96. The number of carboxylic acid groups (broad SMARTS) is 1. The fourth-order valence-electron chi connectivity index (χ4n) is 0.979. The molecule has 0 saturated heterocycles. The fourth-order valence-corrected chi connectivity index (χ4v) is 1.68. The summed E-state index contributed by atoms with van der Waals surface area (Å²) in [5.74, 6) is -0.893. The Morgan fingerprint density at radius 3 is 2.27 bits per heavy atom. The molecule has 0 radical (unpaired) electrons. The number of hydrogen-bond donors (Lipinski definition) is 2. The predicted octanol–water partition coefficient (Wildman–Crippen LogP) is 0.264. The van der Waals surface area contributed by atoms with E-state index in [1.165, 1.54) is 0 Å². The minimum atomic E-state index is -3.03. The second-order valence-electron chi connectivity index (χ2n) is 3.65. The van der Waals surface area contributed by atoms with Gasteiger partial charge >= 0.3 is 5.97 Å². The van der Waals surface area contributed by atoms with Crippen LogP contribution in [0.3, 0.4) is 0 Å². The van der Waals surface area contributed by atoms with Crippen LogP contribution in [0, 0.1) is 0 Å². The lowest BCUT2D eigenvalue weighted by atomic mass is 9.99. The zero-order valence-corrected chi connectivity index (χ0v) is 10.2. The summed E-state index contributed by atoms with van der Waals surface area (Å²) < 4.78 is 22.3. The number of carboxylic acids is 1. The zero-order valence-electron chi connectivity index (χ0n) is 9.41. The average Bonchev–Trinajstić information content (AvgIpc) is 2.17. The van der Waals surface area contributed by atoms with Gasteiger partial charge in [0.15, 0.2) is 9.84 Å². The highest BCUT2D eigenvalue weighted by atomic mass is 32.2. The zero-order chi connectivity index (χ0) is 12.1. The number of hydrogen-bond acceptors (Lipinski definition) is 4. The van der Waals surface area contributed by atoms with Crippen LogP contribution in [0.4, 0.5) is 0 Å². The van der Waals surface area contributed by atoms with Gasteiger partial charge in [0.05, 0.1) is 5.75 Å². The third-order valence-corrected chi connectivity index (χ3v) is 4.25. The van der Waals surface area contributed by atoms with E-state index >= 15 is 0 Å². The fraction of sp³-hybridized carbons (Fsp3) is 0.889. The van der Waals surface area contributed by atoms with Crippen LogP contribution >= 0.6 is 0 Å². The third-order valence-electron chi connectivity index (χ3n) is 2.55. The molecule has 0 rings (SSSR count). The summed E-state index contributed by atoms with van der Waals surface area (Å²) in [6.45, 7) is 5.04. The maximum atomic E-state index is 11.2. The summed E-state index contributed by atoms with van der Waals surface area (Å²) in [6, 6.07) is 0. The second-order valence-corrected chi connectivity index (χ2v) is 6.13. The number of carbonyl (C=O) groups is 1. The van der Waals surface area contributed by atoms with Gasteiger partial charge in [0, 0.05) is 12.3 Å². The molecule has 0 aromatic heterocycles. The number of sulfone groups is 1. The van der Waals surface area contributed by atoms with E-state index in [0.717, 1.165) is 0 Å². The molecular formula is C9H19NO4S. The van der Waals surface area contributed by atoms with Gasteiger partial charge in [-0.15, -0.1) is 0 Å². The summed E-state index contributed by atoms with van der Waals surface area (Å²) in [5.41, 5.74) is -1.04. The van der Waals surface area contributed by atoms with Gasteiger partial charge in [0.25, 0.3) is 0 Å². The summed E-state index contributed by atoms with van der Waals surface area (Å²) in [6.07, 6.45) is 0.411. The van der Waals surface area contributed by atoms with Crippen molar-refractivity contribution >= 4 is 15.8 Å². The average molecular weight is 237 g/mol. The van der Waals surface area contributed by atoms with E-state index in [9.17, 15) is 13.2 Å². The van der Waals surface area contributed by atoms with Crippen LogP contribution < -0.4 is 5.32 Å². The molecule has 0 fully saturated rings. The van der Waals surface area contributed by atoms with Crippen molar-refractivity contribution in [1.29, 1.82) is 0 Å². The number of aliphatic carboxylic acids is 1. The summed E-state index contributed by atoms with van der Waals surface area (Å²) >= 11 is 0. The standard InChI is InChI=1S/C9H19NO4S/c1-4-9(3,8(11)12)10-6-7-15(13,14)5-2/h10H,4-7H2,1-3H3,(H,11,12). The Kier molecular flexibility index (Phi) is 5.23. The van der Waals surface area contributed by atoms with Gasteiger partial charge in [-0.05, 0) is 13.3 Å². The van der Waals surface area contributed by atoms with Crippen LogP contribution in [0.1, 0.15) is 27.2 Å². The molecule has 0 spiro atoms. The normalized spacial score (nSPS) is 15.9. The molecule has 0 aliphatic heterocycles. The van der Waals surface area contributed by atoms with Crippen molar-refractivity contribution in [1.82, 2.24) is 5.32 Å². The van der Waals surface area contributed by atoms with Crippen molar-refractivity contribution in [3.8, 4) is 0 Å². The van der Waals surface area contributed by atoms with E-state index in [4.69, 9.17) is 5.11 Å². The largest absolute Gasteiger partial charge is 0.480 e. The minimum Gasteiger partial charge on any atom is -0.480 e. The smallest absolute Gasteiger partial charge is 0.323 e. The Balaban J connectivity index is 4.21. The van der Waals surface area contributed by atoms with E-state index in [1.807, 2.05) is 0 Å². The number of rotatable bonds is 7. The molecular weight excluding hydrogens is 218 g/mol. The molecule has 0 aliphatic rings. The highest BCUT2D eigenvalue weighted by Crippen LogP contribution is 2.08. The molecule has 2 N–H and O–H groups in total. The molecule has 1 atom stereocenters. The van der Waals surface area contributed by atoms with Crippen LogP contribution in [-0.2, 0) is 14.6 Å². The molecule has 0 aromatic carbocycles. The van der Waals surface area contributed by atoms with Gasteiger partial charge in [0.2, 0.25) is 0 Å². The highest BCUT2D eigenvalue weighted by molar-refractivity contribution is 7.91. The highest BCUT2D eigenvalue weighted by Gasteiger charge is 2.30. The Hall–Kier alpha value is -0.620. The van der Waals surface area contributed by atoms with Gasteiger partial charge in [-0.2, -0.15) is 0 Å². The van der Waals surface area contributed by atoms with Gasteiger partial charge in [-0.1, -0.05) is 13.8 Å². The van der Waals surface area contributed by atoms with Crippen molar-refractivity contribution in [3.05, 3.63) is 0 Å². The van der Waals surface area contributed by atoms with E-state index in [1.54, 1.807) is 20.8 Å². The molecule has 0 aliphatic carbocycles.